The highest BCUT2D eigenvalue weighted by Crippen LogP contribution is 2.40. The van der Waals surface area contributed by atoms with Crippen LogP contribution in [0, 0.1) is 5.92 Å². The van der Waals surface area contributed by atoms with Gasteiger partial charge in [0.25, 0.3) is 17.4 Å². The summed E-state index contributed by atoms with van der Waals surface area (Å²) in [5.41, 5.74) is 0.133. The van der Waals surface area contributed by atoms with Crippen LogP contribution in [0.1, 0.15) is 50.8 Å². The first kappa shape index (κ1) is 22.2. The van der Waals surface area contributed by atoms with Crippen molar-refractivity contribution in [1.29, 1.82) is 0 Å². The van der Waals surface area contributed by atoms with E-state index in [1.165, 1.54) is 0 Å². The van der Waals surface area contributed by atoms with Gasteiger partial charge in [-0.15, -0.1) is 0 Å². The first-order valence-electron chi connectivity index (χ1n) is 11.0. The number of amides is 2. The van der Waals surface area contributed by atoms with Gasteiger partial charge in [0.15, 0.2) is 0 Å². The summed E-state index contributed by atoms with van der Waals surface area (Å²) >= 11 is 0. The summed E-state index contributed by atoms with van der Waals surface area (Å²) in [6.45, 7) is 5.44. The van der Waals surface area contributed by atoms with E-state index in [1.54, 1.807) is 23.6 Å². The van der Waals surface area contributed by atoms with Gasteiger partial charge in [-0.3, -0.25) is 28.7 Å². The zero-order valence-electron chi connectivity index (χ0n) is 18.3. The molecule has 2 saturated heterocycles. The minimum atomic E-state index is -0.833. The summed E-state index contributed by atoms with van der Waals surface area (Å²) in [5.74, 6) is 0.147. The van der Waals surface area contributed by atoms with Crippen molar-refractivity contribution in [3.63, 3.8) is 0 Å². The van der Waals surface area contributed by atoms with Gasteiger partial charge in [0.2, 0.25) is 5.91 Å². The average Bonchev–Trinajstić information content (AvgIpc) is 3.01. The van der Waals surface area contributed by atoms with E-state index in [-0.39, 0.29) is 29.2 Å². The van der Waals surface area contributed by atoms with Gasteiger partial charge in [0.1, 0.15) is 17.4 Å². The highest BCUT2D eigenvalue weighted by atomic mass is 16.4. The number of rotatable bonds is 1. The van der Waals surface area contributed by atoms with Gasteiger partial charge in [-0.2, -0.15) is 0 Å². The third kappa shape index (κ3) is 3.94. The quantitative estimate of drug-likeness (QED) is 0.564. The van der Waals surface area contributed by atoms with Crippen molar-refractivity contribution >= 4 is 23.6 Å². The summed E-state index contributed by atoms with van der Waals surface area (Å²) in [7, 11) is 0. The predicted molar refractivity (Wildman–Crippen MR) is 117 cm³/mol. The number of carboxylic acid groups (broad SMARTS) is 1. The van der Waals surface area contributed by atoms with Crippen molar-refractivity contribution in [3.05, 3.63) is 34.2 Å². The molecule has 0 saturated carbocycles. The number of pyridine rings is 1. The van der Waals surface area contributed by atoms with Crippen LogP contribution in [0.5, 0.6) is 0 Å². The Kier molecular flexibility index (Phi) is 5.89. The third-order valence-corrected chi connectivity index (χ3v) is 6.80. The monoisotopic (exact) mass is 443 g/mol. The van der Waals surface area contributed by atoms with E-state index in [2.05, 4.69) is 15.6 Å². The molecule has 2 fully saturated rings. The van der Waals surface area contributed by atoms with Crippen molar-refractivity contribution in [2.75, 3.05) is 26.2 Å². The van der Waals surface area contributed by atoms with Crippen molar-refractivity contribution in [1.82, 2.24) is 20.1 Å². The van der Waals surface area contributed by atoms with E-state index < -0.39 is 17.6 Å². The van der Waals surface area contributed by atoms with E-state index in [1.807, 2.05) is 11.0 Å². The number of hydrogen-bond acceptors (Lipinski definition) is 6. The summed E-state index contributed by atoms with van der Waals surface area (Å²) < 4.78 is 1.73. The molecule has 10 nitrogen and oxygen atoms in total. The number of aliphatic carboxylic acids is 1. The number of likely N-dealkylation sites (tertiary alicyclic amines) is 1. The summed E-state index contributed by atoms with van der Waals surface area (Å²) in [5, 5.41) is 13.6. The Morgan fingerprint density at radius 2 is 1.88 bits per heavy atom. The molecule has 2 amide bonds. The van der Waals surface area contributed by atoms with Gasteiger partial charge in [0.05, 0.1) is 0 Å². The first-order chi connectivity index (χ1) is 15.2. The topological polar surface area (TPSA) is 133 Å². The Labute approximate surface area is 185 Å². The molecule has 3 atom stereocenters. The molecule has 1 aromatic rings. The van der Waals surface area contributed by atoms with Gasteiger partial charge < -0.3 is 20.6 Å². The number of amidine groups is 1. The summed E-state index contributed by atoms with van der Waals surface area (Å²) in [6, 6.07) is 4.84. The minimum Gasteiger partial charge on any atom is -0.481 e. The third-order valence-electron chi connectivity index (χ3n) is 6.80. The Balaban J connectivity index is 0.000000567. The molecule has 0 aromatic carbocycles. The Bertz CT molecular complexity index is 1020. The molecular formula is C22H29N5O5. The van der Waals surface area contributed by atoms with Crippen molar-refractivity contribution in [2.45, 2.75) is 50.6 Å². The number of nitrogens with zero attached hydrogens (tertiary/aromatic N) is 3. The zero-order chi connectivity index (χ0) is 23.0. The van der Waals surface area contributed by atoms with Crippen LogP contribution in [-0.2, 0) is 14.4 Å². The number of piperidine rings is 2. The Morgan fingerprint density at radius 3 is 2.50 bits per heavy atom. The molecule has 0 unspecified atom stereocenters. The van der Waals surface area contributed by atoms with E-state index >= 15 is 0 Å². The maximum atomic E-state index is 13.5. The lowest BCUT2D eigenvalue weighted by Crippen LogP contribution is -2.56. The van der Waals surface area contributed by atoms with E-state index in [0.717, 1.165) is 32.1 Å². The van der Waals surface area contributed by atoms with Crippen LogP contribution in [0.15, 0.2) is 28.0 Å². The Hall–Kier alpha value is -3.01. The highest BCUT2D eigenvalue weighted by molar-refractivity contribution is 6.07. The largest absolute Gasteiger partial charge is 0.481 e. The zero-order valence-corrected chi connectivity index (χ0v) is 18.3. The standard InChI is InChI=1S/C20H25N5O3.C2H4O2/c1-12-22-19(28)20(23-12)5-7-24(8-6-20)18(27)17-14-9-13(10-21-11-14)15-3-2-4-16(26)25(15)17;1-2(3)4/h2-4,13-14,17,21H,5-11H2,1H3,(H,22,23,28);1H3,(H,3,4)/t13-,14+,17-;/m1./s1. The summed E-state index contributed by atoms with van der Waals surface area (Å²) in [6.07, 6.45) is 1.98. The van der Waals surface area contributed by atoms with Crippen LogP contribution < -0.4 is 16.2 Å². The fraction of sp³-hybridized carbons (Fsp3) is 0.591. The van der Waals surface area contributed by atoms with Crippen LogP contribution in [0.3, 0.4) is 0 Å². The maximum Gasteiger partial charge on any atom is 0.300 e. The fourth-order valence-corrected chi connectivity index (χ4v) is 5.41. The minimum absolute atomic E-state index is 0.00402. The normalized spacial score (nSPS) is 27.6. The molecule has 2 bridgehead atoms. The number of hydrogen-bond donors (Lipinski definition) is 3. The number of nitrogens with one attached hydrogen (secondary N) is 2. The number of fused-ring (bicyclic) bond motifs is 4. The molecule has 5 rings (SSSR count). The van der Waals surface area contributed by atoms with Crippen LogP contribution in [0.4, 0.5) is 0 Å². The van der Waals surface area contributed by atoms with E-state index in [0.29, 0.717) is 31.8 Å². The van der Waals surface area contributed by atoms with Gasteiger partial charge in [-0.05, 0) is 32.3 Å². The van der Waals surface area contributed by atoms with Gasteiger partial charge in [-0.1, -0.05) is 6.07 Å². The van der Waals surface area contributed by atoms with E-state index in [9.17, 15) is 14.4 Å². The van der Waals surface area contributed by atoms with Crippen LogP contribution in [-0.4, -0.2) is 69.9 Å². The molecule has 3 N–H and O–H groups in total. The molecule has 4 aliphatic heterocycles. The number of carbonyl (C=O) groups excluding carboxylic acids is 2. The summed E-state index contributed by atoms with van der Waals surface area (Å²) in [4.78, 5) is 53.8. The van der Waals surface area contributed by atoms with Crippen molar-refractivity contribution in [3.8, 4) is 0 Å². The lowest BCUT2D eigenvalue weighted by Gasteiger charge is -2.45. The molecule has 32 heavy (non-hydrogen) atoms. The SMILES string of the molecule is CC(=O)O.CC1=NC2(CCN(C(=O)[C@H]3[C@@H]4CNC[C@@H](C4)c4cccc(=O)n43)CC2)C(=O)N1. The first-order valence-corrected chi connectivity index (χ1v) is 11.0. The highest BCUT2D eigenvalue weighted by Gasteiger charge is 2.48. The number of aromatic nitrogens is 1. The maximum absolute atomic E-state index is 13.5. The number of carboxylic acids is 1. The van der Waals surface area contributed by atoms with Crippen molar-refractivity contribution in [2.24, 2.45) is 10.9 Å². The second-order valence-corrected chi connectivity index (χ2v) is 8.98. The molecule has 4 aliphatic rings. The predicted octanol–water partition coefficient (Wildman–Crippen LogP) is 0.0964. The average molecular weight is 444 g/mol. The molecule has 0 aliphatic carbocycles. The smallest absolute Gasteiger partial charge is 0.300 e. The Morgan fingerprint density at radius 1 is 1.19 bits per heavy atom. The van der Waals surface area contributed by atoms with Crippen molar-refractivity contribution < 1.29 is 19.5 Å². The number of carbonyl (C=O) groups is 3. The number of aliphatic imine (C=N–C) groups is 1. The molecule has 10 heteroatoms. The second kappa shape index (κ2) is 8.50. The fourth-order valence-electron chi connectivity index (χ4n) is 5.41. The van der Waals surface area contributed by atoms with E-state index in [4.69, 9.17) is 9.90 Å². The lowest BCUT2D eigenvalue weighted by molar-refractivity contribution is -0.141. The second-order valence-electron chi connectivity index (χ2n) is 8.98. The molecule has 1 spiro atoms. The lowest BCUT2D eigenvalue weighted by atomic mass is 9.78. The van der Waals surface area contributed by atoms with Gasteiger partial charge >= 0.3 is 0 Å². The molecular weight excluding hydrogens is 414 g/mol. The molecule has 1 aromatic heterocycles. The molecule has 172 valence electrons. The molecule has 0 radical (unpaired) electrons. The molecule has 5 heterocycles. The van der Waals surface area contributed by atoms with Crippen LogP contribution >= 0.6 is 0 Å². The van der Waals surface area contributed by atoms with Crippen LogP contribution in [0.25, 0.3) is 0 Å². The van der Waals surface area contributed by atoms with Crippen LogP contribution in [0.2, 0.25) is 0 Å². The van der Waals surface area contributed by atoms with Gasteiger partial charge in [-0.25, -0.2) is 0 Å². The van der Waals surface area contributed by atoms with Gasteiger partial charge in [0, 0.05) is 56.7 Å².